The van der Waals surface area contributed by atoms with Gasteiger partial charge in [-0.05, 0) is 36.7 Å². The monoisotopic (exact) mass is 305 g/mol. The summed E-state index contributed by atoms with van der Waals surface area (Å²) in [6.45, 7) is 2.60. The fourth-order valence-corrected chi connectivity index (χ4v) is 3.20. The minimum Gasteiger partial charge on any atom is -0.316 e. The number of pyridine rings is 1. The van der Waals surface area contributed by atoms with Crippen molar-refractivity contribution >= 4 is 15.7 Å². The molecular formula is C15H19N3O2S. The third-order valence-corrected chi connectivity index (χ3v) is 4.31. The molecule has 0 fully saturated rings. The first-order chi connectivity index (χ1) is 10.00. The van der Waals surface area contributed by atoms with Crippen molar-refractivity contribution < 1.29 is 8.42 Å². The fraction of sp³-hybridized carbons (Fsp3) is 0.267. The van der Waals surface area contributed by atoms with Crippen LogP contribution in [0.3, 0.4) is 0 Å². The maximum atomic E-state index is 12.2. The summed E-state index contributed by atoms with van der Waals surface area (Å²) in [5, 5.41) is 3.05. The number of rotatable bonds is 6. The Morgan fingerprint density at radius 2 is 1.76 bits per heavy atom. The van der Waals surface area contributed by atoms with Crippen LogP contribution in [0.1, 0.15) is 16.7 Å². The van der Waals surface area contributed by atoms with Crippen LogP contribution < -0.4 is 10.0 Å². The molecule has 5 nitrogen and oxygen atoms in total. The smallest absolute Gasteiger partial charge is 0.236 e. The molecule has 0 aliphatic heterocycles. The number of benzene rings is 1. The zero-order chi connectivity index (χ0) is 15.3. The zero-order valence-corrected chi connectivity index (χ0v) is 12.9. The number of nitrogens with zero attached hydrogens (tertiary/aromatic N) is 1. The van der Waals surface area contributed by atoms with Crippen LogP contribution in [0.5, 0.6) is 0 Å². The molecule has 2 N–H and O–H groups in total. The highest BCUT2D eigenvalue weighted by Gasteiger charge is 2.13. The summed E-state index contributed by atoms with van der Waals surface area (Å²) in [7, 11) is -1.57. The van der Waals surface area contributed by atoms with E-state index in [0.717, 1.165) is 23.2 Å². The molecule has 0 spiro atoms. The minimum absolute atomic E-state index is 0.0544. The van der Waals surface area contributed by atoms with Crippen molar-refractivity contribution in [2.45, 2.75) is 19.2 Å². The molecule has 1 aromatic heterocycles. The van der Waals surface area contributed by atoms with Gasteiger partial charge < -0.3 is 5.32 Å². The molecule has 0 radical (unpaired) electrons. The molecule has 0 aliphatic carbocycles. The number of nitrogens with one attached hydrogen (secondary N) is 2. The van der Waals surface area contributed by atoms with Gasteiger partial charge in [0.2, 0.25) is 10.0 Å². The van der Waals surface area contributed by atoms with Crippen molar-refractivity contribution in [1.82, 2.24) is 10.3 Å². The molecule has 21 heavy (non-hydrogen) atoms. The second-order valence-corrected chi connectivity index (χ2v) is 6.62. The first-order valence-electron chi connectivity index (χ1n) is 6.64. The molecule has 0 unspecified atom stereocenters. The van der Waals surface area contributed by atoms with Gasteiger partial charge in [-0.2, -0.15) is 0 Å². The van der Waals surface area contributed by atoms with Gasteiger partial charge in [0.05, 0.1) is 17.6 Å². The highest BCUT2D eigenvalue weighted by Crippen LogP contribution is 2.16. The molecule has 0 atom stereocenters. The second-order valence-electron chi connectivity index (χ2n) is 4.90. The van der Waals surface area contributed by atoms with Crippen LogP contribution in [-0.4, -0.2) is 20.4 Å². The molecule has 6 heteroatoms. The normalized spacial score (nSPS) is 11.3. The van der Waals surface area contributed by atoms with Crippen molar-refractivity contribution in [1.29, 1.82) is 0 Å². The number of anilines is 1. The van der Waals surface area contributed by atoms with Crippen LogP contribution in [0.25, 0.3) is 0 Å². The lowest BCUT2D eigenvalue weighted by Crippen LogP contribution is -2.16. The van der Waals surface area contributed by atoms with Gasteiger partial charge in [0.25, 0.3) is 0 Å². The van der Waals surface area contributed by atoms with E-state index in [1.54, 1.807) is 12.3 Å². The molecule has 1 aromatic carbocycles. The third kappa shape index (κ3) is 4.54. The molecule has 0 bridgehead atoms. The van der Waals surface area contributed by atoms with Crippen molar-refractivity contribution in [3.05, 3.63) is 59.4 Å². The lowest BCUT2D eigenvalue weighted by molar-refractivity contribution is 0.600. The van der Waals surface area contributed by atoms with Crippen LogP contribution in [0.15, 0.2) is 42.7 Å². The summed E-state index contributed by atoms with van der Waals surface area (Å²) in [6, 6.07) is 9.29. The average Bonchev–Trinajstić information content (AvgIpc) is 2.43. The van der Waals surface area contributed by atoms with E-state index in [2.05, 4.69) is 15.0 Å². The summed E-state index contributed by atoms with van der Waals surface area (Å²) >= 11 is 0. The molecule has 112 valence electrons. The quantitative estimate of drug-likeness (QED) is 0.857. The summed E-state index contributed by atoms with van der Waals surface area (Å²) in [5.41, 5.74) is 3.24. The number of sulfonamides is 1. The highest BCUT2D eigenvalue weighted by atomic mass is 32.2. The molecule has 1 heterocycles. The number of hydrogen-bond acceptors (Lipinski definition) is 4. The Morgan fingerprint density at radius 1 is 1.10 bits per heavy atom. The Bertz CT molecular complexity index is 697. The van der Waals surface area contributed by atoms with E-state index >= 15 is 0 Å². The van der Waals surface area contributed by atoms with Gasteiger partial charge in [0.1, 0.15) is 0 Å². The summed E-state index contributed by atoms with van der Waals surface area (Å²) < 4.78 is 26.9. The largest absolute Gasteiger partial charge is 0.316 e. The van der Waals surface area contributed by atoms with E-state index in [0.29, 0.717) is 5.69 Å². The Balaban J connectivity index is 2.09. The van der Waals surface area contributed by atoms with Crippen molar-refractivity contribution in [2.24, 2.45) is 0 Å². The van der Waals surface area contributed by atoms with E-state index < -0.39 is 10.0 Å². The van der Waals surface area contributed by atoms with Gasteiger partial charge in [-0.3, -0.25) is 9.71 Å². The molecule has 2 aromatic rings. The molecule has 0 saturated carbocycles. The SMILES string of the molecule is CNCc1ccc(CS(=O)(=O)Nc2cnccc2C)cc1. The van der Waals surface area contributed by atoms with Crippen LogP contribution in [0.4, 0.5) is 5.69 Å². The van der Waals surface area contributed by atoms with E-state index in [-0.39, 0.29) is 5.75 Å². The number of hydrogen-bond donors (Lipinski definition) is 2. The molecule has 0 aliphatic rings. The topological polar surface area (TPSA) is 71.1 Å². The van der Waals surface area contributed by atoms with Gasteiger partial charge in [0.15, 0.2) is 0 Å². The summed E-state index contributed by atoms with van der Waals surface area (Å²) in [5.74, 6) is -0.0544. The number of aryl methyl sites for hydroxylation is 1. The lowest BCUT2D eigenvalue weighted by Gasteiger charge is -2.10. The first kappa shape index (κ1) is 15.5. The van der Waals surface area contributed by atoms with E-state index in [1.807, 2.05) is 38.2 Å². The molecule has 0 saturated heterocycles. The molecular weight excluding hydrogens is 286 g/mol. The second kappa shape index (κ2) is 6.69. The Kier molecular flexibility index (Phi) is 4.93. The van der Waals surface area contributed by atoms with Crippen molar-refractivity contribution in [2.75, 3.05) is 11.8 Å². The summed E-state index contributed by atoms with van der Waals surface area (Å²) in [6.07, 6.45) is 3.15. The van der Waals surface area contributed by atoms with Crippen LogP contribution in [0, 0.1) is 6.92 Å². The van der Waals surface area contributed by atoms with Gasteiger partial charge >= 0.3 is 0 Å². The van der Waals surface area contributed by atoms with Crippen LogP contribution in [0.2, 0.25) is 0 Å². The molecule has 0 amide bonds. The predicted molar refractivity (Wildman–Crippen MR) is 84.4 cm³/mol. The fourth-order valence-electron chi connectivity index (χ4n) is 1.95. The van der Waals surface area contributed by atoms with E-state index in [1.165, 1.54) is 6.20 Å². The first-order valence-corrected chi connectivity index (χ1v) is 8.29. The van der Waals surface area contributed by atoms with Gasteiger partial charge in [-0.25, -0.2) is 8.42 Å². The van der Waals surface area contributed by atoms with E-state index in [4.69, 9.17) is 0 Å². The van der Waals surface area contributed by atoms with Crippen LogP contribution >= 0.6 is 0 Å². The van der Waals surface area contributed by atoms with Crippen molar-refractivity contribution in [3.8, 4) is 0 Å². The Labute approximate surface area is 125 Å². The Hall–Kier alpha value is -1.92. The average molecular weight is 305 g/mol. The lowest BCUT2D eigenvalue weighted by atomic mass is 10.1. The highest BCUT2D eigenvalue weighted by molar-refractivity contribution is 7.91. The maximum absolute atomic E-state index is 12.2. The number of aromatic nitrogens is 1. The Morgan fingerprint density at radius 3 is 2.38 bits per heavy atom. The van der Waals surface area contributed by atoms with Gasteiger partial charge in [-0.1, -0.05) is 24.3 Å². The predicted octanol–water partition coefficient (Wildman–Crippen LogP) is 2.05. The van der Waals surface area contributed by atoms with Crippen molar-refractivity contribution in [3.63, 3.8) is 0 Å². The summed E-state index contributed by atoms with van der Waals surface area (Å²) in [4.78, 5) is 3.93. The van der Waals surface area contributed by atoms with Gasteiger partial charge in [0, 0.05) is 12.7 Å². The standard InChI is InChI=1S/C15H19N3O2S/c1-12-7-8-17-10-15(12)18-21(19,20)11-14-5-3-13(4-6-14)9-16-2/h3-8,10,16,18H,9,11H2,1-2H3. The third-order valence-electron chi connectivity index (χ3n) is 3.07. The van der Waals surface area contributed by atoms with E-state index in [9.17, 15) is 8.42 Å². The van der Waals surface area contributed by atoms with Gasteiger partial charge in [-0.15, -0.1) is 0 Å². The van der Waals surface area contributed by atoms with Crippen LogP contribution in [-0.2, 0) is 22.3 Å². The minimum atomic E-state index is -3.44. The molecule has 2 rings (SSSR count). The maximum Gasteiger partial charge on any atom is 0.236 e. The zero-order valence-electron chi connectivity index (χ0n) is 12.1.